The van der Waals surface area contributed by atoms with Gasteiger partial charge in [-0.3, -0.25) is 9.48 Å². The second kappa shape index (κ2) is 10.00. The second-order valence-electron chi connectivity index (χ2n) is 5.06. The Kier molecular flexibility index (Phi) is 9.61. The predicted molar refractivity (Wildman–Crippen MR) is 85.9 cm³/mol. The van der Waals surface area contributed by atoms with Crippen LogP contribution in [0.15, 0.2) is 18.5 Å². The van der Waals surface area contributed by atoms with Gasteiger partial charge in [-0.25, -0.2) is 0 Å². The average molecular weight is 339 g/mol. The molecule has 2 rings (SSSR count). The number of halogens is 2. The van der Waals surface area contributed by atoms with E-state index in [1.54, 1.807) is 13.3 Å². The van der Waals surface area contributed by atoms with Crippen LogP contribution in [0.2, 0.25) is 0 Å². The second-order valence-corrected chi connectivity index (χ2v) is 5.06. The molecule has 0 saturated carbocycles. The molecule has 1 aromatic rings. The van der Waals surface area contributed by atoms with Crippen molar-refractivity contribution in [3.8, 4) is 0 Å². The van der Waals surface area contributed by atoms with Gasteiger partial charge in [-0.05, 0) is 24.8 Å². The third-order valence-corrected chi connectivity index (χ3v) is 3.59. The van der Waals surface area contributed by atoms with Gasteiger partial charge < -0.3 is 15.4 Å². The Morgan fingerprint density at radius 2 is 2.10 bits per heavy atom. The molecule has 2 heterocycles. The van der Waals surface area contributed by atoms with Gasteiger partial charge in [0, 0.05) is 39.1 Å². The first kappa shape index (κ1) is 20.2. The van der Waals surface area contributed by atoms with Crippen LogP contribution in [0.5, 0.6) is 0 Å². The molecule has 1 aromatic heterocycles. The molecule has 0 aromatic carbocycles. The highest BCUT2D eigenvalue weighted by atomic mass is 35.5. The number of hydrogen-bond acceptors (Lipinski definition) is 4. The molecule has 1 aliphatic heterocycles. The summed E-state index contributed by atoms with van der Waals surface area (Å²) in [4.78, 5) is 13.9. The molecule has 8 heteroatoms. The minimum Gasteiger partial charge on any atom is -0.383 e. The zero-order chi connectivity index (χ0) is 13.7. The lowest BCUT2D eigenvalue weighted by Crippen LogP contribution is -2.49. The summed E-state index contributed by atoms with van der Waals surface area (Å²) in [6.07, 6.45) is 5.78. The van der Waals surface area contributed by atoms with E-state index in [0.29, 0.717) is 5.92 Å². The number of ether oxygens (including phenoxy) is 1. The summed E-state index contributed by atoms with van der Waals surface area (Å²) in [7, 11) is 1.56. The Hall–Kier alpha value is -0.820. The average Bonchev–Trinajstić information content (AvgIpc) is 2.92. The summed E-state index contributed by atoms with van der Waals surface area (Å²) < 4.78 is 6.88. The lowest BCUT2D eigenvalue weighted by Gasteiger charge is -2.33. The van der Waals surface area contributed by atoms with Crippen molar-refractivity contribution in [2.45, 2.75) is 25.4 Å². The number of nitrogens with zero attached hydrogens (tertiary/aromatic N) is 3. The van der Waals surface area contributed by atoms with E-state index < -0.39 is 6.04 Å². The molecule has 2 N–H and O–H groups in total. The van der Waals surface area contributed by atoms with Gasteiger partial charge in [0.2, 0.25) is 5.91 Å². The summed E-state index contributed by atoms with van der Waals surface area (Å²) in [5.74, 6) is 0.585. The summed E-state index contributed by atoms with van der Waals surface area (Å²) in [6, 6.07) is 1.40. The summed E-state index contributed by atoms with van der Waals surface area (Å²) in [5, 5.41) is 4.22. The molecule has 1 saturated heterocycles. The van der Waals surface area contributed by atoms with Crippen LogP contribution in [0, 0.1) is 5.92 Å². The van der Waals surface area contributed by atoms with E-state index >= 15 is 0 Å². The van der Waals surface area contributed by atoms with E-state index in [-0.39, 0.29) is 37.3 Å². The predicted octanol–water partition coefficient (Wildman–Crippen LogP) is 0.939. The van der Waals surface area contributed by atoms with Crippen LogP contribution < -0.4 is 5.73 Å². The van der Waals surface area contributed by atoms with Crippen LogP contribution in [0.1, 0.15) is 12.8 Å². The molecule has 21 heavy (non-hydrogen) atoms. The van der Waals surface area contributed by atoms with Crippen molar-refractivity contribution >= 4 is 30.7 Å². The zero-order valence-corrected chi connectivity index (χ0v) is 13.8. The SMILES string of the molecule is COCC(N)C(=O)N1CCC(Cn2cccn2)CC1.Cl.Cl. The van der Waals surface area contributed by atoms with Gasteiger partial charge in [-0.2, -0.15) is 5.10 Å². The first-order chi connectivity index (χ1) is 9.20. The Morgan fingerprint density at radius 3 is 2.62 bits per heavy atom. The first-order valence-electron chi connectivity index (χ1n) is 6.71. The molecule has 1 aliphatic rings. The maximum atomic E-state index is 12.0. The van der Waals surface area contributed by atoms with Crippen molar-refractivity contribution < 1.29 is 9.53 Å². The lowest BCUT2D eigenvalue weighted by molar-refractivity contribution is -0.135. The van der Waals surface area contributed by atoms with Gasteiger partial charge in [0.25, 0.3) is 0 Å². The summed E-state index contributed by atoms with van der Waals surface area (Å²) >= 11 is 0. The van der Waals surface area contributed by atoms with Crippen molar-refractivity contribution in [1.29, 1.82) is 0 Å². The fraction of sp³-hybridized carbons (Fsp3) is 0.692. The topological polar surface area (TPSA) is 73.4 Å². The van der Waals surface area contributed by atoms with Crippen LogP contribution in [0.25, 0.3) is 0 Å². The van der Waals surface area contributed by atoms with Gasteiger partial charge in [0.1, 0.15) is 6.04 Å². The highest BCUT2D eigenvalue weighted by Crippen LogP contribution is 2.19. The standard InChI is InChI=1S/C13H22N4O2.2ClH/c1-19-10-12(14)13(18)16-7-3-11(4-8-16)9-17-6-2-5-15-17;;/h2,5-6,11-12H,3-4,7-10,14H2,1H3;2*1H. The third-order valence-electron chi connectivity index (χ3n) is 3.59. The van der Waals surface area contributed by atoms with Crippen LogP contribution in [0.4, 0.5) is 0 Å². The number of nitrogens with two attached hydrogens (primary N) is 1. The van der Waals surface area contributed by atoms with Crippen LogP contribution in [-0.4, -0.2) is 53.4 Å². The Bertz CT molecular complexity index is 395. The molecule has 0 bridgehead atoms. The van der Waals surface area contributed by atoms with Crippen molar-refractivity contribution in [3.05, 3.63) is 18.5 Å². The molecule has 122 valence electrons. The molecule has 1 amide bonds. The fourth-order valence-corrected chi connectivity index (χ4v) is 2.49. The Labute approximate surface area is 137 Å². The highest BCUT2D eigenvalue weighted by Gasteiger charge is 2.26. The summed E-state index contributed by atoms with van der Waals surface area (Å²) in [6.45, 7) is 2.77. The van der Waals surface area contributed by atoms with Gasteiger partial charge in [-0.15, -0.1) is 24.8 Å². The van der Waals surface area contributed by atoms with Crippen LogP contribution in [0.3, 0.4) is 0 Å². The molecule has 1 atom stereocenters. The number of hydrogen-bond donors (Lipinski definition) is 1. The number of methoxy groups -OCH3 is 1. The normalized spacial score (nSPS) is 16.8. The minimum atomic E-state index is -0.535. The number of rotatable bonds is 5. The quantitative estimate of drug-likeness (QED) is 0.867. The molecule has 1 fully saturated rings. The molecular formula is C13H24Cl2N4O2. The maximum absolute atomic E-state index is 12.0. The third kappa shape index (κ3) is 5.82. The number of carbonyl (C=O) groups is 1. The van der Waals surface area contributed by atoms with Crippen molar-refractivity contribution in [2.24, 2.45) is 11.7 Å². The van der Waals surface area contributed by atoms with Gasteiger partial charge in [-0.1, -0.05) is 0 Å². The van der Waals surface area contributed by atoms with Crippen molar-refractivity contribution in [3.63, 3.8) is 0 Å². The van der Waals surface area contributed by atoms with E-state index in [2.05, 4.69) is 5.10 Å². The van der Waals surface area contributed by atoms with Crippen LogP contribution in [-0.2, 0) is 16.1 Å². The lowest BCUT2D eigenvalue weighted by atomic mass is 9.96. The molecular weight excluding hydrogens is 315 g/mol. The van der Waals surface area contributed by atoms with Gasteiger partial charge in [0.05, 0.1) is 6.61 Å². The van der Waals surface area contributed by atoms with E-state index in [0.717, 1.165) is 32.5 Å². The van der Waals surface area contributed by atoms with E-state index in [4.69, 9.17) is 10.5 Å². The smallest absolute Gasteiger partial charge is 0.241 e. The molecule has 1 unspecified atom stereocenters. The van der Waals surface area contributed by atoms with E-state index in [1.165, 1.54) is 0 Å². The number of piperidine rings is 1. The first-order valence-corrected chi connectivity index (χ1v) is 6.71. The number of carbonyl (C=O) groups excluding carboxylic acids is 1. The number of aromatic nitrogens is 2. The largest absolute Gasteiger partial charge is 0.383 e. The minimum absolute atomic E-state index is 0. The maximum Gasteiger partial charge on any atom is 0.241 e. The summed E-state index contributed by atoms with van der Waals surface area (Å²) in [5.41, 5.74) is 5.77. The van der Waals surface area contributed by atoms with Crippen molar-refractivity contribution in [2.75, 3.05) is 26.8 Å². The van der Waals surface area contributed by atoms with Crippen LogP contribution >= 0.6 is 24.8 Å². The highest BCUT2D eigenvalue weighted by molar-refractivity contribution is 5.85. The molecule has 6 nitrogen and oxygen atoms in total. The zero-order valence-electron chi connectivity index (χ0n) is 12.2. The van der Waals surface area contributed by atoms with Gasteiger partial charge >= 0.3 is 0 Å². The van der Waals surface area contributed by atoms with Crippen molar-refractivity contribution in [1.82, 2.24) is 14.7 Å². The number of amides is 1. The molecule has 0 spiro atoms. The number of likely N-dealkylation sites (tertiary alicyclic amines) is 1. The Morgan fingerprint density at radius 1 is 1.43 bits per heavy atom. The van der Waals surface area contributed by atoms with Gasteiger partial charge in [0.15, 0.2) is 0 Å². The molecule has 0 aliphatic carbocycles. The van der Waals surface area contributed by atoms with E-state index in [1.807, 2.05) is 21.8 Å². The Balaban J connectivity index is 0.00000200. The molecule has 0 radical (unpaired) electrons. The van der Waals surface area contributed by atoms with E-state index in [9.17, 15) is 4.79 Å². The monoisotopic (exact) mass is 338 g/mol. The fourth-order valence-electron chi connectivity index (χ4n) is 2.49.